The average molecular weight is 335 g/mol. The van der Waals surface area contributed by atoms with E-state index in [0.29, 0.717) is 18.8 Å². The number of carbonyl (C=O) groups excluding carboxylic acids is 1. The lowest BCUT2D eigenvalue weighted by molar-refractivity contribution is 0.0941. The number of methoxy groups -OCH3 is 1. The Bertz CT molecular complexity index is 813. The third kappa shape index (κ3) is 4.14. The maximum absolute atomic E-state index is 12.6. The molecule has 0 saturated heterocycles. The van der Waals surface area contributed by atoms with Gasteiger partial charge >= 0.3 is 0 Å². The van der Waals surface area contributed by atoms with Crippen LogP contribution in [0.5, 0.6) is 0 Å². The van der Waals surface area contributed by atoms with Gasteiger partial charge in [-0.15, -0.1) is 0 Å². The van der Waals surface area contributed by atoms with Gasteiger partial charge in [0, 0.05) is 25.8 Å². The van der Waals surface area contributed by atoms with Gasteiger partial charge in [0.2, 0.25) is 0 Å². The molecule has 3 rings (SSSR count). The van der Waals surface area contributed by atoms with Crippen molar-refractivity contribution in [2.75, 3.05) is 20.3 Å². The number of nitrogens with one attached hydrogen (secondary N) is 1. The molecule has 5 heteroatoms. The Morgan fingerprint density at radius 1 is 1.08 bits per heavy atom. The van der Waals surface area contributed by atoms with E-state index in [-0.39, 0.29) is 5.91 Å². The second-order valence-corrected chi connectivity index (χ2v) is 5.63. The zero-order valence-corrected chi connectivity index (χ0v) is 14.2. The summed E-state index contributed by atoms with van der Waals surface area (Å²) in [6, 6.07) is 21.3. The van der Waals surface area contributed by atoms with E-state index in [1.165, 1.54) is 0 Å². The minimum Gasteiger partial charge on any atom is -0.385 e. The molecule has 0 aliphatic rings. The van der Waals surface area contributed by atoms with E-state index >= 15 is 0 Å². The third-order valence-corrected chi connectivity index (χ3v) is 3.82. The Labute approximate surface area is 147 Å². The largest absolute Gasteiger partial charge is 0.385 e. The second kappa shape index (κ2) is 8.26. The van der Waals surface area contributed by atoms with E-state index in [1.807, 2.05) is 66.7 Å². The first-order valence-corrected chi connectivity index (χ1v) is 8.27. The summed E-state index contributed by atoms with van der Waals surface area (Å²) in [5.41, 5.74) is 3.12. The summed E-state index contributed by atoms with van der Waals surface area (Å²) in [6.07, 6.45) is 0.771. The standard InChI is InChI=1S/C20H21N3O2/c1-25-14-8-13-21-20(24)19-15-18(16-9-4-2-5-10-16)22-23(19)17-11-6-3-7-12-17/h2-7,9-12,15H,8,13-14H2,1H3,(H,21,24). The molecule has 5 nitrogen and oxygen atoms in total. The van der Waals surface area contributed by atoms with Gasteiger partial charge in [0.1, 0.15) is 5.69 Å². The van der Waals surface area contributed by atoms with Crippen LogP contribution < -0.4 is 5.32 Å². The van der Waals surface area contributed by atoms with Gasteiger partial charge in [-0.2, -0.15) is 5.10 Å². The Morgan fingerprint density at radius 2 is 1.76 bits per heavy atom. The molecule has 128 valence electrons. The molecule has 0 aliphatic carbocycles. The smallest absolute Gasteiger partial charge is 0.270 e. The van der Waals surface area contributed by atoms with Crippen molar-refractivity contribution in [1.29, 1.82) is 0 Å². The Morgan fingerprint density at radius 3 is 2.44 bits per heavy atom. The molecule has 0 aliphatic heterocycles. The van der Waals surface area contributed by atoms with Crippen LogP contribution >= 0.6 is 0 Å². The van der Waals surface area contributed by atoms with Crippen molar-refractivity contribution < 1.29 is 9.53 Å². The molecule has 0 fully saturated rings. The predicted octanol–water partition coefficient (Wildman–Crippen LogP) is 3.31. The van der Waals surface area contributed by atoms with Crippen molar-refractivity contribution in [3.05, 3.63) is 72.4 Å². The zero-order valence-electron chi connectivity index (χ0n) is 14.2. The van der Waals surface area contributed by atoms with Crippen molar-refractivity contribution in [2.24, 2.45) is 0 Å². The highest BCUT2D eigenvalue weighted by atomic mass is 16.5. The van der Waals surface area contributed by atoms with E-state index in [1.54, 1.807) is 11.8 Å². The minimum atomic E-state index is -0.144. The lowest BCUT2D eigenvalue weighted by Crippen LogP contribution is -2.27. The number of benzene rings is 2. The molecular formula is C20H21N3O2. The van der Waals surface area contributed by atoms with Crippen LogP contribution in [0.2, 0.25) is 0 Å². The summed E-state index contributed by atoms with van der Waals surface area (Å²) in [4.78, 5) is 12.6. The normalized spacial score (nSPS) is 10.6. The number of amides is 1. The summed E-state index contributed by atoms with van der Waals surface area (Å²) in [5.74, 6) is -0.144. The maximum Gasteiger partial charge on any atom is 0.270 e. The summed E-state index contributed by atoms with van der Waals surface area (Å²) in [5, 5.41) is 7.58. The molecule has 3 aromatic rings. The molecule has 0 saturated carbocycles. The molecule has 1 amide bonds. The van der Waals surface area contributed by atoms with Gasteiger partial charge in [0.05, 0.1) is 11.4 Å². The average Bonchev–Trinajstić information content (AvgIpc) is 3.12. The molecule has 25 heavy (non-hydrogen) atoms. The van der Waals surface area contributed by atoms with Gasteiger partial charge in [-0.25, -0.2) is 4.68 Å². The van der Waals surface area contributed by atoms with Crippen LogP contribution in [0.15, 0.2) is 66.7 Å². The SMILES string of the molecule is COCCCNC(=O)c1cc(-c2ccccc2)nn1-c1ccccc1. The molecular weight excluding hydrogens is 314 g/mol. The molecule has 1 heterocycles. The van der Waals surface area contributed by atoms with Crippen LogP contribution in [0.3, 0.4) is 0 Å². The van der Waals surface area contributed by atoms with Crippen LogP contribution in [0.4, 0.5) is 0 Å². The summed E-state index contributed by atoms with van der Waals surface area (Å²) >= 11 is 0. The van der Waals surface area contributed by atoms with E-state index in [9.17, 15) is 4.79 Å². The molecule has 1 aromatic heterocycles. The number of hydrogen-bond donors (Lipinski definition) is 1. The van der Waals surface area contributed by atoms with Crippen LogP contribution in [-0.2, 0) is 4.74 Å². The fourth-order valence-corrected chi connectivity index (χ4v) is 2.57. The summed E-state index contributed by atoms with van der Waals surface area (Å²) < 4.78 is 6.70. The second-order valence-electron chi connectivity index (χ2n) is 5.63. The minimum absolute atomic E-state index is 0.144. The lowest BCUT2D eigenvalue weighted by atomic mass is 10.1. The van der Waals surface area contributed by atoms with Gasteiger partial charge < -0.3 is 10.1 Å². The lowest BCUT2D eigenvalue weighted by Gasteiger charge is -2.08. The van der Waals surface area contributed by atoms with E-state index in [4.69, 9.17) is 4.74 Å². The van der Waals surface area contributed by atoms with Crippen LogP contribution in [-0.4, -0.2) is 35.9 Å². The van der Waals surface area contributed by atoms with E-state index in [0.717, 1.165) is 23.4 Å². The molecule has 0 spiro atoms. The van der Waals surface area contributed by atoms with Crippen LogP contribution in [0.25, 0.3) is 16.9 Å². The number of aromatic nitrogens is 2. The van der Waals surface area contributed by atoms with Crippen molar-refractivity contribution >= 4 is 5.91 Å². The Balaban J connectivity index is 1.92. The maximum atomic E-state index is 12.6. The molecule has 2 aromatic carbocycles. The number of carbonyl (C=O) groups is 1. The Kier molecular flexibility index (Phi) is 5.59. The highest BCUT2D eigenvalue weighted by molar-refractivity contribution is 5.94. The highest BCUT2D eigenvalue weighted by Gasteiger charge is 2.17. The molecule has 1 N–H and O–H groups in total. The monoisotopic (exact) mass is 335 g/mol. The van der Waals surface area contributed by atoms with Gasteiger partial charge in [-0.05, 0) is 24.6 Å². The van der Waals surface area contributed by atoms with Crippen molar-refractivity contribution in [3.8, 4) is 16.9 Å². The van der Waals surface area contributed by atoms with Crippen molar-refractivity contribution in [2.45, 2.75) is 6.42 Å². The fourth-order valence-electron chi connectivity index (χ4n) is 2.57. The third-order valence-electron chi connectivity index (χ3n) is 3.82. The number of ether oxygens (including phenoxy) is 1. The first-order valence-electron chi connectivity index (χ1n) is 8.27. The van der Waals surface area contributed by atoms with Gasteiger partial charge in [-0.1, -0.05) is 48.5 Å². The van der Waals surface area contributed by atoms with Gasteiger partial charge in [0.15, 0.2) is 0 Å². The van der Waals surface area contributed by atoms with Crippen molar-refractivity contribution in [1.82, 2.24) is 15.1 Å². The molecule has 0 radical (unpaired) electrons. The number of para-hydroxylation sites is 1. The van der Waals surface area contributed by atoms with E-state index in [2.05, 4.69) is 10.4 Å². The number of hydrogen-bond acceptors (Lipinski definition) is 3. The van der Waals surface area contributed by atoms with E-state index < -0.39 is 0 Å². The topological polar surface area (TPSA) is 56.1 Å². The quantitative estimate of drug-likeness (QED) is 0.674. The highest BCUT2D eigenvalue weighted by Crippen LogP contribution is 2.21. The number of rotatable bonds is 7. The van der Waals surface area contributed by atoms with Crippen LogP contribution in [0.1, 0.15) is 16.9 Å². The Hall–Kier alpha value is -2.92. The first-order chi connectivity index (χ1) is 12.3. The van der Waals surface area contributed by atoms with Gasteiger partial charge in [0.25, 0.3) is 5.91 Å². The molecule has 0 unspecified atom stereocenters. The summed E-state index contributed by atoms with van der Waals surface area (Å²) in [7, 11) is 1.65. The number of nitrogens with zero attached hydrogens (tertiary/aromatic N) is 2. The predicted molar refractivity (Wildman–Crippen MR) is 97.8 cm³/mol. The van der Waals surface area contributed by atoms with Crippen molar-refractivity contribution in [3.63, 3.8) is 0 Å². The fraction of sp³-hybridized carbons (Fsp3) is 0.200. The van der Waals surface area contributed by atoms with Crippen LogP contribution in [0, 0.1) is 0 Å². The zero-order chi connectivity index (χ0) is 17.5. The summed E-state index contributed by atoms with van der Waals surface area (Å²) in [6.45, 7) is 1.18. The molecule has 0 atom stereocenters. The molecule has 0 bridgehead atoms. The van der Waals surface area contributed by atoms with Gasteiger partial charge in [-0.3, -0.25) is 4.79 Å². The first kappa shape index (κ1) is 16.9.